The summed E-state index contributed by atoms with van der Waals surface area (Å²) in [6.07, 6.45) is 5.07. The highest BCUT2D eigenvalue weighted by atomic mass is 35.5. The van der Waals surface area contributed by atoms with Gasteiger partial charge in [0.1, 0.15) is 11.8 Å². The Morgan fingerprint density at radius 3 is 2.53 bits per heavy atom. The van der Waals surface area contributed by atoms with Crippen LogP contribution in [-0.4, -0.2) is 35.4 Å². The number of rotatable bonds is 10. The fraction of sp³-hybridized carbons (Fsp3) is 0.440. The van der Waals surface area contributed by atoms with Crippen molar-refractivity contribution in [2.45, 2.75) is 64.1 Å². The second-order valence-corrected chi connectivity index (χ2v) is 9.03. The fourth-order valence-corrected chi connectivity index (χ4v) is 4.35. The summed E-state index contributed by atoms with van der Waals surface area (Å²) in [7, 11) is 0. The fourth-order valence-electron chi connectivity index (χ4n) is 3.88. The smallest absolute Gasteiger partial charge is 0.242 e. The van der Waals surface area contributed by atoms with Gasteiger partial charge in [0.15, 0.2) is 0 Å². The Labute approximate surface area is 200 Å². The molecule has 0 saturated heterocycles. The molecule has 0 heterocycles. The van der Waals surface area contributed by atoms with Crippen molar-refractivity contribution < 1.29 is 14.3 Å². The molecule has 1 saturated carbocycles. The van der Waals surface area contributed by atoms with Crippen LogP contribution in [0.4, 0.5) is 0 Å². The summed E-state index contributed by atoms with van der Waals surface area (Å²) >= 11 is 12.4. The van der Waals surface area contributed by atoms with Crippen molar-refractivity contribution in [3.05, 3.63) is 64.1 Å². The molecule has 2 aromatic carbocycles. The van der Waals surface area contributed by atoms with Crippen LogP contribution in [0.5, 0.6) is 5.75 Å². The highest BCUT2D eigenvalue weighted by Crippen LogP contribution is 2.24. The Balaban J connectivity index is 1.63. The van der Waals surface area contributed by atoms with Crippen LogP contribution in [-0.2, 0) is 16.1 Å². The van der Waals surface area contributed by atoms with Crippen LogP contribution < -0.4 is 10.1 Å². The van der Waals surface area contributed by atoms with E-state index in [1.807, 2.05) is 30.3 Å². The summed E-state index contributed by atoms with van der Waals surface area (Å²) in [6, 6.07) is 14.3. The minimum absolute atomic E-state index is 0.109. The molecule has 2 aromatic rings. The molecule has 1 atom stereocenters. The lowest BCUT2D eigenvalue weighted by molar-refractivity contribution is -0.141. The van der Waals surface area contributed by atoms with Gasteiger partial charge in [0, 0.05) is 29.1 Å². The maximum atomic E-state index is 13.1. The molecule has 0 spiro atoms. The Hall–Kier alpha value is -2.24. The molecule has 1 aliphatic carbocycles. The molecule has 0 unspecified atom stereocenters. The van der Waals surface area contributed by atoms with E-state index in [0.717, 1.165) is 37.0 Å². The summed E-state index contributed by atoms with van der Waals surface area (Å²) in [5.74, 6) is 0.534. The Bertz CT molecular complexity index is 901. The first-order valence-corrected chi connectivity index (χ1v) is 11.9. The third-order valence-corrected chi connectivity index (χ3v) is 6.36. The molecule has 32 heavy (non-hydrogen) atoms. The van der Waals surface area contributed by atoms with Crippen LogP contribution in [0.15, 0.2) is 48.5 Å². The number of carbonyl (C=O) groups is 2. The largest absolute Gasteiger partial charge is 0.494 e. The van der Waals surface area contributed by atoms with Crippen molar-refractivity contribution in [3.63, 3.8) is 0 Å². The molecule has 172 valence electrons. The summed E-state index contributed by atoms with van der Waals surface area (Å²) in [6.45, 7) is 2.44. The quantitative estimate of drug-likeness (QED) is 0.452. The predicted molar refractivity (Wildman–Crippen MR) is 128 cm³/mol. The van der Waals surface area contributed by atoms with Gasteiger partial charge in [0.25, 0.3) is 0 Å². The van der Waals surface area contributed by atoms with Crippen molar-refractivity contribution >= 4 is 35.0 Å². The molecule has 1 N–H and O–H groups in total. The number of carbonyl (C=O) groups excluding carboxylic acids is 2. The van der Waals surface area contributed by atoms with E-state index >= 15 is 0 Å². The lowest BCUT2D eigenvalue weighted by Gasteiger charge is -2.30. The van der Waals surface area contributed by atoms with Crippen LogP contribution in [0.1, 0.15) is 51.0 Å². The Kier molecular flexibility index (Phi) is 9.24. The molecule has 1 fully saturated rings. The first-order chi connectivity index (χ1) is 15.4. The first kappa shape index (κ1) is 24.4. The maximum Gasteiger partial charge on any atom is 0.242 e. The molecule has 0 radical (unpaired) electrons. The molecule has 1 aliphatic rings. The number of para-hydroxylation sites is 1. The second-order valence-electron chi connectivity index (χ2n) is 8.19. The predicted octanol–water partition coefficient (Wildman–Crippen LogP) is 5.63. The van der Waals surface area contributed by atoms with Crippen molar-refractivity contribution in [1.29, 1.82) is 0 Å². The number of benzene rings is 2. The number of amides is 2. The van der Waals surface area contributed by atoms with E-state index in [1.54, 1.807) is 30.0 Å². The van der Waals surface area contributed by atoms with Crippen LogP contribution in [0.2, 0.25) is 10.0 Å². The van der Waals surface area contributed by atoms with E-state index < -0.39 is 6.04 Å². The topological polar surface area (TPSA) is 58.6 Å². The molecule has 0 aromatic heterocycles. The molecular formula is C25H30Cl2N2O3. The van der Waals surface area contributed by atoms with Gasteiger partial charge in [-0.25, -0.2) is 0 Å². The highest BCUT2D eigenvalue weighted by molar-refractivity contribution is 6.35. The number of halogens is 2. The summed E-state index contributed by atoms with van der Waals surface area (Å²) in [5, 5.41) is 4.11. The third-order valence-electron chi connectivity index (χ3n) is 5.77. The molecule has 3 rings (SSSR count). The molecular weight excluding hydrogens is 447 g/mol. The average molecular weight is 477 g/mol. The van der Waals surface area contributed by atoms with Gasteiger partial charge in [0.2, 0.25) is 11.8 Å². The van der Waals surface area contributed by atoms with Crippen LogP contribution in [0.25, 0.3) is 0 Å². The van der Waals surface area contributed by atoms with Crippen LogP contribution in [0.3, 0.4) is 0 Å². The summed E-state index contributed by atoms with van der Waals surface area (Å²) < 4.78 is 5.70. The van der Waals surface area contributed by atoms with Crippen molar-refractivity contribution in [2.24, 2.45) is 0 Å². The van der Waals surface area contributed by atoms with E-state index in [9.17, 15) is 9.59 Å². The van der Waals surface area contributed by atoms with Gasteiger partial charge in [-0.2, -0.15) is 0 Å². The molecule has 0 aliphatic heterocycles. The van der Waals surface area contributed by atoms with E-state index in [2.05, 4.69) is 5.32 Å². The third kappa shape index (κ3) is 7.14. The highest BCUT2D eigenvalue weighted by Gasteiger charge is 2.28. The minimum Gasteiger partial charge on any atom is -0.494 e. The maximum absolute atomic E-state index is 13.1. The van der Waals surface area contributed by atoms with Crippen molar-refractivity contribution in [3.8, 4) is 5.75 Å². The minimum atomic E-state index is -0.607. The number of nitrogens with one attached hydrogen (secondary N) is 1. The summed E-state index contributed by atoms with van der Waals surface area (Å²) in [5.41, 5.74) is 0.755. The molecule has 2 amide bonds. The zero-order valence-electron chi connectivity index (χ0n) is 18.4. The van der Waals surface area contributed by atoms with Gasteiger partial charge >= 0.3 is 0 Å². The number of hydrogen-bond donors (Lipinski definition) is 1. The average Bonchev–Trinajstić information content (AvgIpc) is 3.29. The molecule has 7 heteroatoms. The van der Waals surface area contributed by atoms with Gasteiger partial charge in [-0.1, -0.05) is 60.3 Å². The van der Waals surface area contributed by atoms with Crippen LogP contribution >= 0.6 is 23.2 Å². The second kappa shape index (κ2) is 12.1. The van der Waals surface area contributed by atoms with Crippen molar-refractivity contribution in [1.82, 2.24) is 10.2 Å². The van der Waals surface area contributed by atoms with Crippen LogP contribution in [0, 0.1) is 0 Å². The van der Waals surface area contributed by atoms with Gasteiger partial charge < -0.3 is 15.0 Å². The summed E-state index contributed by atoms with van der Waals surface area (Å²) in [4.78, 5) is 27.6. The normalized spacial score (nSPS) is 14.7. The Morgan fingerprint density at radius 2 is 1.84 bits per heavy atom. The van der Waals surface area contributed by atoms with Gasteiger partial charge in [0.05, 0.1) is 6.61 Å². The number of hydrogen-bond acceptors (Lipinski definition) is 3. The van der Waals surface area contributed by atoms with E-state index in [1.165, 1.54) is 0 Å². The van der Waals surface area contributed by atoms with E-state index in [-0.39, 0.29) is 30.8 Å². The first-order valence-electron chi connectivity index (χ1n) is 11.2. The molecule has 0 bridgehead atoms. The standard InChI is InChI=1S/C25H30Cl2N2O3/c1-18(25(31)28-21-8-5-6-9-21)29(17-19-13-14-20(26)16-23(19)27)24(30)12-7-15-32-22-10-3-2-4-11-22/h2-4,10-11,13-14,16,18,21H,5-9,12,15,17H2,1H3,(H,28,31)/t18-/m1/s1. The van der Waals surface area contributed by atoms with Crippen molar-refractivity contribution in [2.75, 3.05) is 6.61 Å². The van der Waals surface area contributed by atoms with E-state index in [0.29, 0.717) is 23.1 Å². The Morgan fingerprint density at radius 1 is 1.12 bits per heavy atom. The number of nitrogens with zero attached hydrogens (tertiary/aromatic N) is 1. The SMILES string of the molecule is C[C@H](C(=O)NC1CCCC1)N(Cc1ccc(Cl)cc1Cl)C(=O)CCCOc1ccccc1. The molecule has 5 nitrogen and oxygen atoms in total. The van der Waals surface area contributed by atoms with E-state index in [4.69, 9.17) is 27.9 Å². The number of ether oxygens (including phenoxy) is 1. The lowest BCUT2D eigenvalue weighted by atomic mass is 10.1. The lowest BCUT2D eigenvalue weighted by Crippen LogP contribution is -2.49. The van der Waals surface area contributed by atoms with Gasteiger partial charge in [-0.15, -0.1) is 0 Å². The monoisotopic (exact) mass is 476 g/mol. The van der Waals surface area contributed by atoms with Gasteiger partial charge in [-0.05, 0) is 56.0 Å². The zero-order chi connectivity index (χ0) is 22.9. The van der Waals surface area contributed by atoms with Gasteiger partial charge in [-0.3, -0.25) is 9.59 Å². The zero-order valence-corrected chi connectivity index (χ0v) is 19.9.